The molecule has 3 rings (SSSR count). The standard InChI is InChI=1S/C21H17F4N3O5S/c1-33-17-9-18(34(2,31)32)14(22)8-15(17)26-5-3-4-12-6-13(20(29)30)19-16(7-12)28(11-27-19)10-21(23,24)25/h6-9,11,26H,5,10H2,1-2H3,(H,29,30). The Morgan fingerprint density at radius 2 is 1.97 bits per heavy atom. The van der Waals surface area contributed by atoms with Crippen LogP contribution in [0.4, 0.5) is 23.2 Å². The topological polar surface area (TPSA) is 111 Å². The van der Waals surface area contributed by atoms with Crippen LogP contribution >= 0.6 is 0 Å². The van der Waals surface area contributed by atoms with Crippen LogP contribution in [-0.4, -0.2) is 55.1 Å². The van der Waals surface area contributed by atoms with Gasteiger partial charge in [0.25, 0.3) is 0 Å². The summed E-state index contributed by atoms with van der Waals surface area (Å²) in [6.45, 7) is -1.45. The van der Waals surface area contributed by atoms with Gasteiger partial charge in [-0.1, -0.05) is 11.8 Å². The number of rotatable bonds is 6. The number of hydrogen-bond donors (Lipinski definition) is 2. The second-order valence-electron chi connectivity index (χ2n) is 7.09. The summed E-state index contributed by atoms with van der Waals surface area (Å²) in [5, 5.41) is 12.2. The number of benzene rings is 2. The van der Waals surface area contributed by atoms with Crippen LogP contribution in [0, 0.1) is 17.7 Å². The monoisotopic (exact) mass is 499 g/mol. The van der Waals surface area contributed by atoms with Crippen molar-refractivity contribution in [2.45, 2.75) is 17.6 Å². The highest BCUT2D eigenvalue weighted by Crippen LogP contribution is 2.30. The third kappa shape index (κ3) is 5.57. The van der Waals surface area contributed by atoms with E-state index in [2.05, 4.69) is 22.1 Å². The fourth-order valence-corrected chi connectivity index (χ4v) is 3.86. The quantitative estimate of drug-likeness (QED) is 0.396. The van der Waals surface area contributed by atoms with Crippen LogP contribution < -0.4 is 10.1 Å². The minimum atomic E-state index is -4.54. The second-order valence-corrected chi connectivity index (χ2v) is 9.08. The fourth-order valence-electron chi connectivity index (χ4n) is 3.13. The average molecular weight is 499 g/mol. The first-order valence-electron chi connectivity index (χ1n) is 9.39. The third-order valence-corrected chi connectivity index (χ3v) is 5.67. The maximum absolute atomic E-state index is 14.2. The lowest BCUT2D eigenvalue weighted by molar-refractivity contribution is -0.139. The van der Waals surface area contributed by atoms with E-state index < -0.39 is 39.2 Å². The lowest BCUT2D eigenvalue weighted by Gasteiger charge is -2.11. The summed E-state index contributed by atoms with van der Waals surface area (Å²) >= 11 is 0. The fraction of sp³-hybridized carbons (Fsp3) is 0.238. The summed E-state index contributed by atoms with van der Waals surface area (Å²) in [6.07, 6.45) is -2.78. The van der Waals surface area contributed by atoms with Crippen LogP contribution in [0.25, 0.3) is 11.0 Å². The Bertz CT molecular complexity index is 1440. The molecule has 2 aromatic carbocycles. The van der Waals surface area contributed by atoms with Crippen LogP contribution in [0.1, 0.15) is 15.9 Å². The van der Waals surface area contributed by atoms with E-state index in [9.17, 15) is 35.9 Å². The minimum absolute atomic E-state index is 0.0467. The van der Waals surface area contributed by atoms with Crippen molar-refractivity contribution in [3.05, 3.63) is 47.5 Å². The molecule has 34 heavy (non-hydrogen) atoms. The molecule has 2 N–H and O–H groups in total. The van der Waals surface area contributed by atoms with E-state index in [1.54, 1.807) is 0 Å². The van der Waals surface area contributed by atoms with Gasteiger partial charge in [-0.25, -0.2) is 22.6 Å². The smallest absolute Gasteiger partial charge is 0.406 e. The summed E-state index contributed by atoms with van der Waals surface area (Å²) in [6, 6.07) is 4.43. The second kappa shape index (κ2) is 9.22. The van der Waals surface area contributed by atoms with E-state index in [4.69, 9.17) is 4.74 Å². The maximum atomic E-state index is 14.2. The number of nitrogens with one attached hydrogen (secondary N) is 1. The molecule has 0 saturated carbocycles. The van der Waals surface area contributed by atoms with Gasteiger partial charge in [-0.3, -0.25) is 0 Å². The lowest BCUT2D eigenvalue weighted by atomic mass is 10.1. The number of methoxy groups -OCH3 is 1. The van der Waals surface area contributed by atoms with Crippen molar-refractivity contribution in [2.75, 3.05) is 25.2 Å². The molecule has 0 aliphatic rings. The number of aromatic carboxylic acids is 1. The molecule has 0 aliphatic carbocycles. The molecule has 13 heteroatoms. The number of hydrogen-bond acceptors (Lipinski definition) is 6. The van der Waals surface area contributed by atoms with Gasteiger partial charge in [0.15, 0.2) is 9.84 Å². The Hall–Kier alpha value is -3.79. The van der Waals surface area contributed by atoms with E-state index >= 15 is 0 Å². The normalized spacial score (nSPS) is 11.7. The van der Waals surface area contributed by atoms with E-state index in [1.165, 1.54) is 19.2 Å². The van der Waals surface area contributed by atoms with Gasteiger partial charge >= 0.3 is 12.1 Å². The van der Waals surface area contributed by atoms with Crippen molar-refractivity contribution in [3.63, 3.8) is 0 Å². The van der Waals surface area contributed by atoms with Gasteiger partial charge in [-0.2, -0.15) is 13.2 Å². The highest BCUT2D eigenvalue weighted by molar-refractivity contribution is 7.90. The van der Waals surface area contributed by atoms with E-state index in [0.29, 0.717) is 0 Å². The summed E-state index contributed by atoms with van der Waals surface area (Å²) in [5.41, 5.74) is -0.218. The van der Waals surface area contributed by atoms with Gasteiger partial charge in [0.1, 0.15) is 28.5 Å². The lowest BCUT2D eigenvalue weighted by Crippen LogP contribution is -2.17. The number of carbonyl (C=O) groups is 1. The number of carboxylic acid groups (broad SMARTS) is 1. The summed E-state index contributed by atoms with van der Waals surface area (Å²) < 4.78 is 81.8. The molecule has 1 aromatic heterocycles. The molecule has 180 valence electrons. The molecule has 0 aliphatic heterocycles. The molecule has 0 fully saturated rings. The van der Waals surface area contributed by atoms with Crippen molar-refractivity contribution >= 4 is 32.5 Å². The first-order chi connectivity index (χ1) is 15.8. The number of ether oxygens (including phenoxy) is 1. The number of alkyl halides is 3. The highest BCUT2D eigenvalue weighted by Gasteiger charge is 2.29. The zero-order chi connectivity index (χ0) is 25.3. The predicted molar refractivity (Wildman–Crippen MR) is 114 cm³/mol. The molecular weight excluding hydrogens is 482 g/mol. The first kappa shape index (κ1) is 24.8. The molecule has 0 amide bonds. The minimum Gasteiger partial charge on any atom is -0.495 e. The number of carboxylic acids is 1. The van der Waals surface area contributed by atoms with Crippen molar-refractivity contribution in [3.8, 4) is 17.6 Å². The molecule has 3 aromatic rings. The van der Waals surface area contributed by atoms with E-state index in [1.807, 2.05) is 0 Å². The van der Waals surface area contributed by atoms with E-state index in [-0.39, 0.29) is 40.1 Å². The van der Waals surface area contributed by atoms with Gasteiger partial charge in [-0.15, -0.1) is 0 Å². The number of nitrogens with zero attached hydrogens (tertiary/aromatic N) is 2. The Morgan fingerprint density at radius 3 is 2.56 bits per heavy atom. The number of aromatic nitrogens is 2. The Balaban J connectivity index is 1.90. The molecule has 0 atom stereocenters. The van der Waals surface area contributed by atoms with Crippen molar-refractivity contribution in [2.24, 2.45) is 0 Å². The highest BCUT2D eigenvalue weighted by atomic mass is 32.2. The van der Waals surface area contributed by atoms with Gasteiger partial charge in [0.05, 0.1) is 36.7 Å². The van der Waals surface area contributed by atoms with Gasteiger partial charge in [0, 0.05) is 24.0 Å². The third-order valence-electron chi connectivity index (χ3n) is 4.56. The number of anilines is 1. The first-order valence-corrected chi connectivity index (χ1v) is 11.3. The van der Waals surface area contributed by atoms with Crippen LogP contribution in [0.5, 0.6) is 5.75 Å². The van der Waals surface area contributed by atoms with Crippen molar-refractivity contribution < 1.29 is 40.6 Å². The molecule has 0 bridgehead atoms. The number of sulfone groups is 1. The molecular formula is C21H17F4N3O5S. The Labute approximate surface area is 191 Å². The Kier molecular flexibility index (Phi) is 6.74. The van der Waals surface area contributed by atoms with Crippen LogP contribution in [-0.2, 0) is 16.4 Å². The summed E-state index contributed by atoms with van der Waals surface area (Å²) in [5.74, 6) is 2.97. The van der Waals surface area contributed by atoms with Crippen molar-refractivity contribution in [1.29, 1.82) is 0 Å². The molecule has 0 saturated heterocycles. The molecule has 0 unspecified atom stereocenters. The molecule has 8 nitrogen and oxygen atoms in total. The predicted octanol–water partition coefficient (Wildman–Crippen LogP) is 3.31. The SMILES string of the molecule is COc1cc(S(C)(=O)=O)c(F)cc1NCC#Cc1cc(C(=O)O)c2ncn(CC(F)(F)F)c2c1. The van der Waals surface area contributed by atoms with Gasteiger partial charge in [-0.05, 0) is 12.1 Å². The molecule has 0 spiro atoms. The maximum Gasteiger partial charge on any atom is 0.406 e. The van der Waals surface area contributed by atoms with Gasteiger partial charge in [0.2, 0.25) is 0 Å². The van der Waals surface area contributed by atoms with Gasteiger partial charge < -0.3 is 19.7 Å². The summed E-state index contributed by atoms with van der Waals surface area (Å²) in [7, 11) is -2.55. The molecule has 1 heterocycles. The Morgan fingerprint density at radius 1 is 1.26 bits per heavy atom. The number of halogens is 4. The van der Waals surface area contributed by atoms with Crippen LogP contribution in [0.2, 0.25) is 0 Å². The van der Waals surface area contributed by atoms with Crippen LogP contribution in [0.3, 0.4) is 0 Å². The number of fused-ring (bicyclic) bond motifs is 1. The zero-order valence-corrected chi connectivity index (χ0v) is 18.5. The van der Waals surface area contributed by atoms with E-state index in [0.717, 1.165) is 29.3 Å². The van der Waals surface area contributed by atoms with Crippen LogP contribution in [0.15, 0.2) is 35.5 Å². The average Bonchev–Trinajstić information content (AvgIpc) is 3.10. The summed E-state index contributed by atoms with van der Waals surface area (Å²) in [4.78, 5) is 14.8. The largest absolute Gasteiger partial charge is 0.495 e. The number of imidazole rings is 1. The molecule has 0 radical (unpaired) electrons. The van der Waals surface area contributed by atoms with Crippen molar-refractivity contribution in [1.82, 2.24) is 9.55 Å². The zero-order valence-electron chi connectivity index (χ0n) is 17.7.